The number of rotatable bonds is 4. The van der Waals surface area contributed by atoms with E-state index in [9.17, 15) is 14.7 Å². The van der Waals surface area contributed by atoms with Crippen molar-refractivity contribution in [3.63, 3.8) is 0 Å². The molecule has 1 N–H and O–H groups in total. The molecule has 0 saturated carbocycles. The fourth-order valence-corrected chi connectivity index (χ4v) is 3.45. The van der Waals surface area contributed by atoms with E-state index in [1.807, 2.05) is 9.80 Å². The van der Waals surface area contributed by atoms with Gasteiger partial charge in [0.1, 0.15) is 0 Å². The van der Waals surface area contributed by atoms with E-state index in [-0.39, 0.29) is 30.4 Å². The monoisotopic (exact) mass is 296 g/mol. The van der Waals surface area contributed by atoms with Crippen molar-refractivity contribution in [2.45, 2.75) is 52.0 Å². The lowest BCUT2D eigenvalue weighted by atomic mass is 10.0. The average molecular weight is 296 g/mol. The molecular weight excluding hydrogens is 268 g/mol. The lowest BCUT2D eigenvalue weighted by Crippen LogP contribution is -2.45. The van der Waals surface area contributed by atoms with Gasteiger partial charge in [-0.1, -0.05) is 26.7 Å². The van der Waals surface area contributed by atoms with Crippen LogP contribution >= 0.6 is 0 Å². The second kappa shape index (κ2) is 7.25. The molecule has 120 valence electrons. The van der Waals surface area contributed by atoms with Gasteiger partial charge in [-0.2, -0.15) is 0 Å². The minimum atomic E-state index is -0.219. The first-order valence-electron chi connectivity index (χ1n) is 8.22. The molecule has 5 nitrogen and oxygen atoms in total. The van der Waals surface area contributed by atoms with Crippen LogP contribution < -0.4 is 0 Å². The summed E-state index contributed by atoms with van der Waals surface area (Å²) in [6.07, 6.45) is 4.39. The van der Waals surface area contributed by atoms with Crippen LogP contribution in [0.4, 0.5) is 0 Å². The molecule has 0 aromatic rings. The molecule has 0 aliphatic carbocycles. The number of likely N-dealkylation sites (tertiary alicyclic amines) is 2. The number of carbonyl (C=O) groups is 2. The Bertz CT molecular complexity index is 384. The van der Waals surface area contributed by atoms with E-state index in [2.05, 4.69) is 13.8 Å². The summed E-state index contributed by atoms with van der Waals surface area (Å²) in [7, 11) is 0. The number of aliphatic hydroxyl groups is 1. The molecule has 0 radical (unpaired) electrons. The standard InChI is InChI=1S/C16H28N2O3/c1-12(2)9-17-10-13(8-15(17)20)16(21)18-7-5-3-4-6-14(18)11-19/h12-14,19H,3-11H2,1-2H3. The zero-order valence-electron chi connectivity index (χ0n) is 13.3. The van der Waals surface area contributed by atoms with Gasteiger partial charge in [0.05, 0.1) is 18.6 Å². The van der Waals surface area contributed by atoms with Crippen molar-refractivity contribution in [2.75, 3.05) is 26.2 Å². The third-order valence-corrected chi connectivity index (χ3v) is 4.52. The molecule has 2 atom stereocenters. The van der Waals surface area contributed by atoms with Crippen LogP contribution in [0.3, 0.4) is 0 Å². The number of hydrogen-bond acceptors (Lipinski definition) is 3. The molecule has 2 amide bonds. The summed E-state index contributed by atoms with van der Waals surface area (Å²) in [6.45, 7) is 6.19. The molecule has 5 heteroatoms. The quantitative estimate of drug-likeness (QED) is 0.849. The molecule has 2 aliphatic rings. The van der Waals surface area contributed by atoms with E-state index in [0.29, 0.717) is 18.9 Å². The Hall–Kier alpha value is -1.10. The largest absolute Gasteiger partial charge is 0.394 e. The average Bonchev–Trinajstić information content (AvgIpc) is 2.66. The van der Waals surface area contributed by atoms with Crippen LogP contribution in [0.2, 0.25) is 0 Å². The second-order valence-electron chi connectivity index (χ2n) is 6.81. The van der Waals surface area contributed by atoms with Crippen molar-refractivity contribution in [1.29, 1.82) is 0 Å². The maximum Gasteiger partial charge on any atom is 0.228 e. The molecule has 0 bridgehead atoms. The van der Waals surface area contributed by atoms with Gasteiger partial charge >= 0.3 is 0 Å². The molecule has 0 spiro atoms. The van der Waals surface area contributed by atoms with Crippen LogP contribution in [0.1, 0.15) is 46.0 Å². The van der Waals surface area contributed by atoms with E-state index in [1.54, 1.807) is 0 Å². The first kappa shape index (κ1) is 16.3. The predicted molar refractivity (Wildman–Crippen MR) is 80.6 cm³/mol. The predicted octanol–water partition coefficient (Wildman–Crippen LogP) is 1.25. The lowest BCUT2D eigenvalue weighted by Gasteiger charge is -2.31. The van der Waals surface area contributed by atoms with Gasteiger partial charge in [-0.3, -0.25) is 9.59 Å². The fraction of sp³-hybridized carbons (Fsp3) is 0.875. The highest BCUT2D eigenvalue weighted by molar-refractivity contribution is 5.89. The number of hydrogen-bond donors (Lipinski definition) is 1. The smallest absolute Gasteiger partial charge is 0.228 e. The molecule has 2 fully saturated rings. The summed E-state index contributed by atoms with van der Waals surface area (Å²) in [5.74, 6) is 0.363. The Labute approximate surface area is 127 Å². The van der Waals surface area contributed by atoms with Gasteiger partial charge in [-0.25, -0.2) is 0 Å². The van der Waals surface area contributed by atoms with E-state index in [0.717, 1.165) is 38.8 Å². The molecule has 2 saturated heterocycles. The highest BCUT2D eigenvalue weighted by atomic mass is 16.3. The molecule has 0 aromatic heterocycles. The summed E-state index contributed by atoms with van der Waals surface area (Å²) in [5, 5.41) is 9.53. The summed E-state index contributed by atoms with van der Waals surface area (Å²) >= 11 is 0. The molecule has 21 heavy (non-hydrogen) atoms. The summed E-state index contributed by atoms with van der Waals surface area (Å²) < 4.78 is 0. The van der Waals surface area contributed by atoms with Crippen LogP contribution in [0.15, 0.2) is 0 Å². The van der Waals surface area contributed by atoms with Gasteiger partial charge in [0.15, 0.2) is 0 Å². The van der Waals surface area contributed by atoms with Gasteiger partial charge < -0.3 is 14.9 Å². The van der Waals surface area contributed by atoms with Crippen molar-refractivity contribution in [1.82, 2.24) is 9.80 Å². The Morgan fingerprint density at radius 1 is 1.33 bits per heavy atom. The lowest BCUT2D eigenvalue weighted by molar-refractivity contribution is -0.138. The SMILES string of the molecule is CC(C)CN1CC(C(=O)N2CCCCCC2CO)CC1=O. The molecule has 2 unspecified atom stereocenters. The van der Waals surface area contributed by atoms with Crippen LogP contribution in [0, 0.1) is 11.8 Å². The van der Waals surface area contributed by atoms with Crippen molar-refractivity contribution >= 4 is 11.8 Å². The van der Waals surface area contributed by atoms with Gasteiger partial charge in [-0.05, 0) is 18.8 Å². The molecule has 2 aliphatic heterocycles. The zero-order valence-corrected chi connectivity index (χ0v) is 13.3. The van der Waals surface area contributed by atoms with E-state index in [4.69, 9.17) is 0 Å². The number of amides is 2. The first-order valence-corrected chi connectivity index (χ1v) is 8.22. The van der Waals surface area contributed by atoms with Gasteiger partial charge in [0, 0.05) is 26.1 Å². The van der Waals surface area contributed by atoms with E-state index < -0.39 is 0 Å². The van der Waals surface area contributed by atoms with Gasteiger partial charge in [-0.15, -0.1) is 0 Å². The zero-order chi connectivity index (χ0) is 15.4. The maximum absolute atomic E-state index is 12.7. The van der Waals surface area contributed by atoms with Crippen molar-refractivity contribution in [3.05, 3.63) is 0 Å². The van der Waals surface area contributed by atoms with E-state index in [1.165, 1.54) is 0 Å². The summed E-state index contributed by atoms with van der Waals surface area (Å²) in [6, 6.07) is -0.0609. The third kappa shape index (κ3) is 3.96. The summed E-state index contributed by atoms with van der Waals surface area (Å²) in [4.78, 5) is 28.4. The number of nitrogens with zero attached hydrogens (tertiary/aromatic N) is 2. The van der Waals surface area contributed by atoms with Crippen LogP contribution in [-0.2, 0) is 9.59 Å². The Kier molecular flexibility index (Phi) is 5.62. The third-order valence-electron chi connectivity index (χ3n) is 4.52. The molecule has 2 heterocycles. The molecule has 2 rings (SSSR count). The number of carbonyl (C=O) groups excluding carboxylic acids is 2. The highest BCUT2D eigenvalue weighted by Crippen LogP contribution is 2.25. The van der Waals surface area contributed by atoms with Gasteiger partial charge in [0.2, 0.25) is 11.8 Å². The summed E-state index contributed by atoms with van der Waals surface area (Å²) in [5.41, 5.74) is 0. The van der Waals surface area contributed by atoms with E-state index >= 15 is 0 Å². The topological polar surface area (TPSA) is 60.9 Å². The molecular formula is C16H28N2O3. The highest BCUT2D eigenvalue weighted by Gasteiger charge is 2.38. The van der Waals surface area contributed by atoms with Crippen molar-refractivity contribution < 1.29 is 14.7 Å². The van der Waals surface area contributed by atoms with Crippen LogP contribution in [-0.4, -0.2) is 59.0 Å². The molecule has 0 aromatic carbocycles. The fourth-order valence-electron chi connectivity index (χ4n) is 3.45. The minimum Gasteiger partial charge on any atom is -0.394 e. The first-order chi connectivity index (χ1) is 10.0. The Morgan fingerprint density at radius 2 is 2.10 bits per heavy atom. The Balaban J connectivity index is 2.00. The van der Waals surface area contributed by atoms with Gasteiger partial charge in [0.25, 0.3) is 0 Å². The number of aliphatic hydroxyl groups excluding tert-OH is 1. The van der Waals surface area contributed by atoms with Crippen molar-refractivity contribution in [2.24, 2.45) is 11.8 Å². The normalized spacial score (nSPS) is 27.3. The second-order valence-corrected chi connectivity index (χ2v) is 6.81. The van der Waals surface area contributed by atoms with Crippen LogP contribution in [0.5, 0.6) is 0 Å². The van der Waals surface area contributed by atoms with Crippen molar-refractivity contribution in [3.8, 4) is 0 Å². The Morgan fingerprint density at radius 3 is 2.76 bits per heavy atom. The maximum atomic E-state index is 12.7. The minimum absolute atomic E-state index is 0.0299. The van der Waals surface area contributed by atoms with Crippen LogP contribution in [0.25, 0.3) is 0 Å².